The minimum absolute atomic E-state index is 0.156. The number of benzene rings is 2. The van der Waals surface area contributed by atoms with Crippen LogP contribution in [-0.2, 0) is 4.79 Å². The van der Waals surface area contributed by atoms with Gasteiger partial charge in [0.05, 0.1) is 13.2 Å². The Morgan fingerprint density at radius 1 is 0.964 bits per heavy atom. The molecule has 0 fully saturated rings. The molecule has 2 aromatic rings. The van der Waals surface area contributed by atoms with Crippen LogP contribution in [0.25, 0.3) is 0 Å². The van der Waals surface area contributed by atoms with Gasteiger partial charge in [-0.3, -0.25) is 4.79 Å². The lowest BCUT2D eigenvalue weighted by Gasteiger charge is -2.11. The van der Waals surface area contributed by atoms with E-state index in [0.717, 1.165) is 30.0 Å². The second kappa shape index (κ2) is 12.2. The number of carbonyl (C=O) groups excluding carboxylic acids is 1. The van der Waals surface area contributed by atoms with Crippen LogP contribution in [-0.4, -0.2) is 24.2 Å². The molecular formula is C21H25ClN2O3S. The van der Waals surface area contributed by atoms with Crippen molar-refractivity contribution in [1.82, 2.24) is 5.32 Å². The number of unbranched alkanes of at least 4 members (excludes halogenated alkanes) is 1. The smallest absolute Gasteiger partial charge is 0.226 e. The Labute approximate surface area is 176 Å². The number of rotatable bonds is 10. The van der Waals surface area contributed by atoms with Gasteiger partial charge in [-0.1, -0.05) is 24.9 Å². The molecule has 0 unspecified atom stereocenters. The Hall–Kier alpha value is -2.31. The van der Waals surface area contributed by atoms with Gasteiger partial charge in [0.15, 0.2) is 5.11 Å². The molecule has 0 aliphatic carbocycles. The van der Waals surface area contributed by atoms with E-state index in [0.29, 0.717) is 31.1 Å². The van der Waals surface area contributed by atoms with Gasteiger partial charge >= 0.3 is 0 Å². The third kappa shape index (κ3) is 8.59. The van der Waals surface area contributed by atoms with Crippen molar-refractivity contribution in [1.29, 1.82) is 0 Å². The Morgan fingerprint density at radius 3 is 2.14 bits per heavy atom. The molecule has 1 amide bonds. The summed E-state index contributed by atoms with van der Waals surface area (Å²) in [5.74, 6) is 1.38. The average molecular weight is 421 g/mol. The number of thiocarbonyl (C=S) groups is 1. The highest BCUT2D eigenvalue weighted by atomic mass is 35.5. The average Bonchev–Trinajstić information content (AvgIpc) is 2.68. The first-order valence-electron chi connectivity index (χ1n) is 9.29. The molecule has 0 aliphatic rings. The Bertz CT molecular complexity index is 751. The summed E-state index contributed by atoms with van der Waals surface area (Å²) < 4.78 is 11.2. The Kier molecular flexibility index (Phi) is 9.59. The molecule has 150 valence electrons. The summed E-state index contributed by atoms with van der Waals surface area (Å²) in [7, 11) is 0. The van der Waals surface area contributed by atoms with Crippen LogP contribution < -0.4 is 20.1 Å². The normalized spacial score (nSPS) is 10.2. The third-order valence-corrected chi connectivity index (χ3v) is 4.22. The van der Waals surface area contributed by atoms with Crippen LogP contribution in [0.4, 0.5) is 5.69 Å². The molecule has 0 spiro atoms. The fourth-order valence-corrected chi connectivity index (χ4v) is 2.63. The van der Waals surface area contributed by atoms with Crippen molar-refractivity contribution in [2.24, 2.45) is 0 Å². The molecule has 5 nitrogen and oxygen atoms in total. The van der Waals surface area contributed by atoms with Crippen molar-refractivity contribution < 1.29 is 14.3 Å². The standard InChI is InChI=1S/C21H25ClN2O3S/c1-2-3-14-26-19-12-8-17(9-13-19)23-21(28)24-20(25)5-4-15-27-18-10-6-16(22)7-11-18/h6-13H,2-5,14-15H2,1H3,(H2,23,24,25,28). The maximum absolute atomic E-state index is 12.0. The van der Waals surface area contributed by atoms with Crippen LogP contribution in [0.1, 0.15) is 32.6 Å². The second-order valence-electron chi connectivity index (χ2n) is 6.13. The molecule has 2 N–H and O–H groups in total. The zero-order valence-corrected chi connectivity index (χ0v) is 17.4. The van der Waals surface area contributed by atoms with E-state index in [2.05, 4.69) is 17.6 Å². The summed E-state index contributed by atoms with van der Waals surface area (Å²) in [5.41, 5.74) is 0.791. The first kappa shape index (κ1) is 22.0. The lowest BCUT2D eigenvalue weighted by molar-refractivity contribution is -0.119. The summed E-state index contributed by atoms with van der Waals surface area (Å²) in [6.07, 6.45) is 3.03. The zero-order chi connectivity index (χ0) is 20.2. The fourth-order valence-electron chi connectivity index (χ4n) is 2.27. The number of anilines is 1. The number of halogens is 1. The molecule has 0 aliphatic heterocycles. The van der Waals surface area contributed by atoms with Gasteiger partial charge in [0.1, 0.15) is 11.5 Å². The Morgan fingerprint density at radius 2 is 1.54 bits per heavy atom. The summed E-state index contributed by atoms with van der Waals surface area (Å²) in [5, 5.41) is 6.58. The van der Waals surface area contributed by atoms with Gasteiger partial charge in [0, 0.05) is 17.1 Å². The van der Waals surface area contributed by atoms with Gasteiger partial charge in [0.2, 0.25) is 5.91 Å². The SMILES string of the molecule is CCCCOc1ccc(NC(=S)NC(=O)CCCOc2ccc(Cl)cc2)cc1. The van der Waals surface area contributed by atoms with E-state index in [1.54, 1.807) is 24.3 Å². The number of hydrogen-bond acceptors (Lipinski definition) is 4. The van der Waals surface area contributed by atoms with E-state index in [9.17, 15) is 4.79 Å². The highest BCUT2D eigenvalue weighted by Gasteiger charge is 2.05. The minimum Gasteiger partial charge on any atom is -0.494 e. The van der Waals surface area contributed by atoms with Crippen molar-refractivity contribution in [3.05, 3.63) is 53.6 Å². The highest BCUT2D eigenvalue weighted by molar-refractivity contribution is 7.80. The summed E-state index contributed by atoms with van der Waals surface area (Å²) in [4.78, 5) is 12.0. The van der Waals surface area contributed by atoms with E-state index < -0.39 is 0 Å². The lowest BCUT2D eigenvalue weighted by atomic mass is 10.3. The monoisotopic (exact) mass is 420 g/mol. The predicted octanol–water partition coefficient (Wildman–Crippen LogP) is 5.19. The number of nitrogens with one attached hydrogen (secondary N) is 2. The van der Waals surface area contributed by atoms with E-state index in [1.165, 1.54) is 0 Å². The second-order valence-corrected chi connectivity index (χ2v) is 6.98. The summed E-state index contributed by atoms with van der Waals surface area (Å²) >= 11 is 11.0. The third-order valence-electron chi connectivity index (χ3n) is 3.76. The topological polar surface area (TPSA) is 59.6 Å². The van der Waals surface area contributed by atoms with E-state index >= 15 is 0 Å². The van der Waals surface area contributed by atoms with Crippen LogP contribution in [0.3, 0.4) is 0 Å². The van der Waals surface area contributed by atoms with Crippen LogP contribution in [0.2, 0.25) is 5.02 Å². The number of amides is 1. The molecule has 28 heavy (non-hydrogen) atoms. The van der Waals surface area contributed by atoms with Crippen molar-refractivity contribution in [3.8, 4) is 11.5 Å². The predicted molar refractivity (Wildman–Crippen MR) is 117 cm³/mol. The molecule has 0 radical (unpaired) electrons. The van der Waals surface area contributed by atoms with Gasteiger partial charge in [-0.25, -0.2) is 0 Å². The van der Waals surface area contributed by atoms with E-state index in [-0.39, 0.29) is 11.0 Å². The van der Waals surface area contributed by atoms with Crippen molar-refractivity contribution in [2.45, 2.75) is 32.6 Å². The molecule has 0 atom stereocenters. The molecule has 2 aromatic carbocycles. The molecule has 0 bridgehead atoms. The summed E-state index contributed by atoms with van der Waals surface area (Å²) in [6.45, 7) is 3.27. The molecule has 0 heterocycles. The number of ether oxygens (including phenoxy) is 2. The molecule has 0 saturated carbocycles. The van der Waals surface area contributed by atoms with Crippen molar-refractivity contribution in [3.63, 3.8) is 0 Å². The number of carbonyl (C=O) groups is 1. The van der Waals surface area contributed by atoms with Gasteiger partial charge in [-0.05, 0) is 73.6 Å². The molecular weight excluding hydrogens is 396 g/mol. The van der Waals surface area contributed by atoms with Crippen molar-refractivity contribution in [2.75, 3.05) is 18.5 Å². The fraction of sp³-hybridized carbons (Fsp3) is 0.333. The van der Waals surface area contributed by atoms with Gasteiger partial charge < -0.3 is 20.1 Å². The van der Waals surface area contributed by atoms with Gasteiger partial charge in [-0.15, -0.1) is 0 Å². The molecule has 0 aromatic heterocycles. The van der Waals surface area contributed by atoms with Gasteiger partial charge in [0.25, 0.3) is 0 Å². The van der Waals surface area contributed by atoms with Crippen LogP contribution >= 0.6 is 23.8 Å². The maximum Gasteiger partial charge on any atom is 0.226 e. The van der Waals surface area contributed by atoms with E-state index in [4.69, 9.17) is 33.3 Å². The number of hydrogen-bond donors (Lipinski definition) is 2. The first-order valence-corrected chi connectivity index (χ1v) is 10.1. The molecule has 0 saturated heterocycles. The van der Waals surface area contributed by atoms with E-state index in [1.807, 2.05) is 24.3 Å². The molecule has 7 heteroatoms. The van der Waals surface area contributed by atoms with Crippen LogP contribution in [0.15, 0.2) is 48.5 Å². The maximum atomic E-state index is 12.0. The quantitative estimate of drug-likeness (QED) is 0.409. The summed E-state index contributed by atoms with van der Waals surface area (Å²) in [6, 6.07) is 14.6. The van der Waals surface area contributed by atoms with Crippen LogP contribution in [0.5, 0.6) is 11.5 Å². The zero-order valence-electron chi connectivity index (χ0n) is 15.9. The largest absolute Gasteiger partial charge is 0.494 e. The first-order chi connectivity index (χ1) is 13.6. The van der Waals surface area contributed by atoms with Crippen LogP contribution in [0, 0.1) is 0 Å². The van der Waals surface area contributed by atoms with Crippen molar-refractivity contribution >= 4 is 40.5 Å². The highest BCUT2D eigenvalue weighted by Crippen LogP contribution is 2.17. The minimum atomic E-state index is -0.156. The molecule has 2 rings (SSSR count). The lowest BCUT2D eigenvalue weighted by Crippen LogP contribution is -2.34. The van der Waals surface area contributed by atoms with Gasteiger partial charge in [-0.2, -0.15) is 0 Å². The Balaban J connectivity index is 1.63.